The van der Waals surface area contributed by atoms with Gasteiger partial charge in [0.15, 0.2) is 0 Å². The van der Waals surface area contributed by atoms with Gasteiger partial charge in [0.25, 0.3) is 0 Å². The predicted molar refractivity (Wildman–Crippen MR) is 68.8 cm³/mol. The SMILES string of the molecule is Cc1ccc(F)c(C2(O)CC3CCC(C2)N3C)c1. The third kappa shape index (κ3) is 1.77. The average Bonchev–Trinajstić information content (AvgIpc) is 2.56. The Morgan fingerprint density at radius 1 is 1.28 bits per heavy atom. The van der Waals surface area contributed by atoms with Gasteiger partial charge in [0.1, 0.15) is 5.82 Å². The number of aliphatic hydroxyl groups is 1. The van der Waals surface area contributed by atoms with Crippen molar-refractivity contribution in [2.45, 2.75) is 50.3 Å². The Morgan fingerprint density at radius 2 is 1.89 bits per heavy atom. The lowest BCUT2D eigenvalue weighted by atomic mass is 9.80. The first-order chi connectivity index (χ1) is 8.49. The third-order valence-electron chi connectivity index (χ3n) is 4.75. The topological polar surface area (TPSA) is 23.5 Å². The molecule has 0 aromatic heterocycles. The molecule has 98 valence electrons. The van der Waals surface area contributed by atoms with Crippen LogP contribution in [0.1, 0.15) is 36.8 Å². The highest BCUT2D eigenvalue weighted by molar-refractivity contribution is 5.30. The Bertz CT molecular complexity index is 460. The Morgan fingerprint density at radius 3 is 2.50 bits per heavy atom. The van der Waals surface area contributed by atoms with Gasteiger partial charge in [0.2, 0.25) is 0 Å². The van der Waals surface area contributed by atoms with Crippen molar-refractivity contribution >= 4 is 0 Å². The molecule has 0 amide bonds. The number of hydrogen-bond acceptors (Lipinski definition) is 2. The summed E-state index contributed by atoms with van der Waals surface area (Å²) >= 11 is 0. The van der Waals surface area contributed by atoms with Crippen molar-refractivity contribution in [2.24, 2.45) is 0 Å². The van der Waals surface area contributed by atoms with Crippen LogP contribution in [0.3, 0.4) is 0 Å². The van der Waals surface area contributed by atoms with E-state index in [0.717, 1.165) is 18.4 Å². The van der Waals surface area contributed by atoms with Crippen molar-refractivity contribution in [3.05, 3.63) is 35.1 Å². The molecule has 2 heterocycles. The highest BCUT2D eigenvalue weighted by Gasteiger charge is 2.47. The molecule has 1 N–H and O–H groups in total. The minimum absolute atomic E-state index is 0.271. The van der Waals surface area contributed by atoms with Crippen LogP contribution in [0.15, 0.2) is 18.2 Å². The summed E-state index contributed by atoms with van der Waals surface area (Å²) in [6.07, 6.45) is 3.55. The van der Waals surface area contributed by atoms with E-state index in [-0.39, 0.29) is 5.82 Å². The van der Waals surface area contributed by atoms with Gasteiger partial charge in [-0.3, -0.25) is 0 Å². The van der Waals surface area contributed by atoms with Gasteiger partial charge in [-0.2, -0.15) is 0 Å². The Kier molecular flexibility index (Phi) is 2.72. The Labute approximate surface area is 107 Å². The zero-order chi connectivity index (χ0) is 12.9. The molecule has 2 nitrogen and oxygen atoms in total. The molecule has 0 aliphatic carbocycles. The van der Waals surface area contributed by atoms with Crippen LogP contribution < -0.4 is 0 Å². The fraction of sp³-hybridized carbons (Fsp3) is 0.600. The standard InChI is InChI=1S/C15H20FNO/c1-10-3-6-14(16)13(7-10)15(18)8-11-4-5-12(9-15)17(11)2/h3,6-7,11-12,18H,4-5,8-9H2,1-2H3. The molecular weight excluding hydrogens is 229 g/mol. The molecule has 2 aliphatic heterocycles. The van der Waals surface area contributed by atoms with Crippen LogP contribution in [0.25, 0.3) is 0 Å². The highest BCUT2D eigenvalue weighted by Crippen LogP contribution is 2.45. The van der Waals surface area contributed by atoms with Crippen LogP contribution in [0.5, 0.6) is 0 Å². The second-order valence-electron chi connectivity index (χ2n) is 5.97. The molecule has 2 aliphatic rings. The average molecular weight is 249 g/mol. The minimum Gasteiger partial charge on any atom is -0.385 e. The molecule has 2 bridgehead atoms. The molecule has 2 atom stereocenters. The maximum Gasteiger partial charge on any atom is 0.129 e. The van der Waals surface area contributed by atoms with E-state index >= 15 is 0 Å². The first-order valence-electron chi connectivity index (χ1n) is 6.70. The van der Waals surface area contributed by atoms with Crippen LogP contribution in [-0.2, 0) is 5.60 Å². The van der Waals surface area contributed by atoms with E-state index in [4.69, 9.17) is 0 Å². The lowest BCUT2D eigenvalue weighted by Crippen LogP contribution is -2.48. The monoisotopic (exact) mass is 249 g/mol. The van der Waals surface area contributed by atoms with Crippen LogP contribution in [0.2, 0.25) is 0 Å². The van der Waals surface area contributed by atoms with E-state index in [9.17, 15) is 9.50 Å². The number of rotatable bonds is 1. The Hall–Kier alpha value is -0.930. The van der Waals surface area contributed by atoms with E-state index in [1.165, 1.54) is 6.07 Å². The van der Waals surface area contributed by atoms with Gasteiger partial charge in [-0.1, -0.05) is 17.7 Å². The maximum absolute atomic E-state index is 14.0. The van der Waals surface area contributed by atoms with Crippen molar-refractivity contribution in [1.29, 1.82) is 0 Å². The summed E-state index contributed by atoms with van der Waals surface area (Å²) in [4.78, 5) is 2.35. The molecule has 0 radical (unpaired) electrons. The summed E-state index contributed by atoms with van der Waals surface area (Å²) in [5.41, 5.74) is 0.521. The molecule has 2 fully saturated rings. The molecule has 3 rings (SSSR count). The largest absolute Gasteiger partial charge is 0.385 e. The molecule has 3 heteroatoms. The molecular formula is C15H20FNO. The van der Waals surface area contributed by atoms with Crippen molar-refractivity contribution in [3.63, 3.8) is 0 Å². The summed E-state index contributed by atoms with van der Waals surface area (Å²) < 4.78 is 14.0. The maximum atomic E-state index is 14.0. The second kappa shape index (κ2) is 4.04. The number of halogens is 1. The zero-order valence-corrected chi connectivity index (χ0v) is 11.0. The molecule has 0 spiro atoms. The number of benzene rings is 1. The van der Waals surface area contributed by atoms with E-state index in [0.29, 0.717) is 30.5 Å². The van der Waals surface area contributed by atoms with Crippen LogP contribution in [0.4, 0.5) is 4.39 Å². The normalized spacial score (nSPS) is 36.0. The smallest absolute Gasteiger partial charge is 0.129 e. The van der Waals surface area contributed by atoms with Crippen molar-refractivity contribution in [2.75, 3.05) is 7.05 Å². The molecule has 1 aromatic rings. The first kappa shape index (κ1) is 12.1. The Balaban J connectivity index is 1.98. The van der Waals surface area contributed by atoms with Crippen LogP contribution in [0, 0.1) is 12.7 Å². The van der Waals surface area contributed by atoms with Gasteiger partial charge in [-0.15, -0.1) is 0 Å². The summed E-state index contributed by atoms with van der Waals surface area (Å²) in [7, 11) is 2.12. The predicted octanol–water partition coefficient (Wildman–Crippen LogP) is 2.58. The number of piperidine rings is 1. The van der Waals surface area contributed by atoms with E-state index < -0.39 is 5.60 Å². The van der Waals surface area contributed by atoms with Crippen LogP contribution in [-0.4, -0.2) is 29.1 Å². The summed E-state index contributed by atoms with van der Waals surface area (Å²) in [5, 5.41) is 10.9. The van der Waals surface area contributed by atoms with Crippen molar-refractivity contribution < 1.29 is 9.50 Å². The fourth-order valence-corrected chi connectivity index (χ4v) is 3.66. The van der Waals surface area contributed by atoms with Crippen molar-refractivity contribution in [1.82, 2.24) is 4.90 Å². The third-order valence-corrected chi connectivity index (χ3v) is 4.75. The first-order valence-corrected chi connectivity index (χ1v) is 6.70. The summed E-state index contributed by atoms with van der Waals surface area (Å²) in [5.74, 6) is -0.271. The fourth-order valence-electron chi connectivity index (χ4n) is 3.66. The molecule has 2 unspecified atom stereocenters. The zero-order valence-electron chi connectivity index (χ0n) is 11.0. The summed E-state index contributed by atoms with van der Waals surface area (Å²) in [6.45, 7) is 1.94. The van der Waals surface area contributed by atoms with E-state index in [1.54, 1.807) is 12.1 Å². The number of fused-ring (bicyclic) bond motifs is 2. The van der Waals surface area contributed by atoms with E-state index in [1.807, 2.05) is 6.92 Å². The molecule has 18 heavy (non-hydrogen) atoms. The van der Waals surface area contributed by atoms with Gasteiger partial charge >= 0.3 is 0 Å². The van der Waals surface area contributed by atoms with Crippen LogP contribution >= 0.6 is 0 Å². The second-order valence-corrected chi connectivity index (χ2v) is 5.97. The number of nitrogens with zero attached hydrogens (tertiary/aromatic N) is 1. The van der Waals surface area contributed by atoms with Gasteiger partial charge in [-0.25, -0.2) is 4.39 Å². The number of aryl methyl sites for hydroxylation is 1. The minimum atomic E-state index is -0.978. The van der Waals surface area contributed by atoms with Crippen molar-refractivity contribution in [3.8, 4) is 0 Å². The van der Waals surface area contributed by atoms with Gasteiger partial charge in [0, 0.05) is 17.6 Å². The quantitative estimate of drug-likeness (QED) is 0.827. The highest BCUT2D eigenvalue weighted by atomic mass is 19.1. The van der Waals surface area contributed by atoms with Gasteiger partial charge in [-0.05, 0) is 45.7 Å². The molecule has 1 aromatic carbocycles. The molecule has 2 saturated heterocycles. The van der Waals surface area contributed by atoms with E-state index in [2.05, 4.69) is 11.9 Å². The lowest BCUT2D eigenvalue weighted by Gasteiger charge is -2.42. The molecule has 0 saturated carbocycles. The van der Waals surface area contributed by atoms with Gasteiger partial charge < -0.3 is 10.0 Å². The number of hydrogen-bond donors (Lipinski definition) is 1. The lowest BCUT2D eigenvalue weighted by molar-refractivity contribution is -0.0516. The van der Waals surface area contributed by atoms with Gasteiger partial charge in [0.05, 0.1) is 5.60 Å². The summed E-state index contributed by atoms with van der Waals surface area (Å²) in [6, 6.07) is 5.83.